The Morgan fingerprint density at radius 2 is 1.97 bits per heavy atom. The number of benzene rings is 1. The quantitative estimate of drug-likeness (QED) is 0.492. The zero-order valence-electron chi connectivity index (χ0n) is 21.9. The second-order valence-corrected chi connectivity index (χ2v) is 11.2. The Kier molecular flexibility index (Phi) is 6.65. The van der Waals surface area contributed by atoms with Crippen molar-refractivity contribution in [3.05, 3.63) is 40.7 Å². The van der Waals surface area contributed by atoms with E-state index in [0.29, 0.717) is 30.9 Å². The summed E-state index contributed by atoms with van der Waals surface area (Å²) in [7, 11) is 0. The molecular formula is C28H38N6O3. The lowest BCUT2D eigenvalue weighted by Gasteiger charge is -2.36. The fourth-order valence-electron chi connectivity index (χ4n) is 6.70. The number of hydrogen-bond donors (Lipinski definition) is 3. The highest BCUT2D eigenvalue weighted by molar-refractivity contribution is 5.88. The number of nitrogens with zero attached hydrogens (tertiary/aromatic N) is 4. The van der Waals surface area contributed by atoms with E-state index in [9.17, 15) is 5.11 Å². The molecule has 9 heteroatoms. The molecule has 0 radical (unpaired) electrons. The van der Waals surface area contributed by atoms with Crippen LogP contribution in [-0.2, 0) is 9.47 Å². The van der Waals surface area contributed by atoms with E-state index in [1.54, 1.807) is 0 Å². The van der Waals surface area contributed by atoms with Crippen LogP contribution in [0.4, 0.5) is 17.3 Å². The van der Waals surface area contributed by atoms with Crippen molar-refractivity contribution in [3.8, 4) is 0 Å². The molecule has 4 fully saturated rings. The predicted molar refractivity (Wildman–Crippen MR) is 143 cm³/mol. The summed E-state index contributed by atoms with van der Waals surface area (Å²) in [5, 5.41) is 21.4. The number of likely N-dealkylation sites (tertiary alicyclic amines) is 1. The molecule has 2 bridgehead atoms. The number of aryl methyl sites for hydroxylation is 2. The smallest absolute Gasteiger partial charge is 0.136 e. The van der Waals surface area contributed by atoms with Gasteiger partial charge in [-0.2, -0.15) is 0 Å². The first-order valence-corrected chi connectivity index (χ1v) is 13.6. The molecule has 4 saturated heterocycles. The van der Waals surface area contributed by atoms with Crippen molar-refractivity contribution in [2.24, 2.45) is 0 Å². The van der Waals surface area contributed by atoms with Crippen LogP contribution in [0.25, 0.3) is 0 Å². The van der Waals surface area contributed by atoms with Crippen LogP contribution in [0.3, 0.4) is 0 Å². The number of rotatable bonds is 7. The molecule has 2 aromatic rings. The highest BCUT2D eigenvalue weighted by Gasteiger charge is 2.51. The lowest BCUT2D eigenvalue weighted by molar-refractivity contribution is -0.0375. The summed E-state index contributed by atoms with van der Waals surface area (Å²) in [6, 6.07) is 7.14. The van der Waals surface area contributed by atoms with E-state index in [0.717, 1.165) is 74.9 Å². The molecule has 6 rings (SSSR count). The van der Waals surface area contributed by atoms with Gasteiger partial charge in [0.05, 0.1) is 32.4 Å². The number of aromatic nitrogens is 2. The van der Waals surface area contributed by atoms with Crippen molar-refractivity contribution < 1.29 is 14.6 Å². The Bertz CT molecular complexity index is 1160. The third kappa shape index (κ3) is 4.74. The van der Waals surface area contributed by atoms with Gasteiger partial charge in [-0.3, -0.25) is 4.90 Å². The normalized spacial score (nSPS) is 28.2. The van der Waals surface area contributed by atoms with E-state index in [-0.39, 0.29) is 12.6 Å². The lowest BCUT2D eigenvalue weighted by atomic mass is 9.85. The van der Waals surface area contributed by atoms with Gasteiger partial charge in [0.2, 0.25) is 0 Å². The van der Waals surface area contributed by atoms with E-state index < -0.39 is 5.60 Å². The van der Waals surface area contributed by atoms with Gasteiger partial charge in [0, 0.05) is 42.6 Å². The zero-order chi connectivity index (χ0) is 25.6. The highest BCUT2D eigenvalue weighted by atomic mass is 16.5. The van der Waals surface area contributed by atoms with Crippen LogP contribution in [-0.4, -0.2) is 89.9 Å². The summed E-state index contributed by atoms with van der Waals surface area (Å²) in [5.74, 6) is 2.77. The van der Waals surface area contributed by atoms with E-state index >= 15 is 0 Å². The maximum atomic E-state index is 9.87. The van der Waals surface area contributed by atoms with E-state index in [1.807, 2.05) is 13.0 Å². The maximum Gasteiger partial charge on any atom is 0.136 e. The Hall–Kier alpha value is -2.59. The van der Waals surface area contributed by atoms with Crippen LogP contribution < -0.4 is 10.2 Å². The van der Waals surface area contributed by atoms with Crippen LogP contribution >= 0.6 is 0 Å². The molecule has 5 heterocycles. The highest BCUT2D eigenvalue weighted by Crippen LogP contribution is 2.40. The van der Waals surface area contributed by atoms with Gasteiger partial charge < -0.3 is 30.2 Å². The van der Waals surface area contributed by atoms with Crippen LogP contribution in [0.1, 0.15) is 54.1 Å². The molecule has 0 saturated carbocycles. The zero-order valence-corrected chi connectivity index (χ0v) is 21.9. The van der Waals surface area contributed by atoms with Gasteiger partial charge >= 0.3 is 0 Å². The predicted octanol–water partition coefficient (Wildman–Crippen LogP) is 3.14. The van der Waals surface area contributed by atoms with Crippen molar-refractivity contribution in [1.29, 1.82) is 5.41 Å². The molecule has 3 N–H and O–H groups in total. The largest absolute Gasteiger partial charge is 0.393 e. The first-order chi connectivity index (χ1) is 18.0. The number of anilines is 3. The second-order valence-electron chi connectivity index (χ2n) is 11.2. The number of ether oxygens (including phenoxy) is 2. The summed E-state index contributed by atoms with van der Waals surface area (Å²) in [5.41, 5.74) is 3.89. The van der Waals surface area contributed by atoms with Crippen LogP contribution in [0.15, 0.2) is 18.2 Å². The van der Waals surface area contributed by atoms with E-state index in [4.69, 9.17) is 19.9 Å². The third-order valence-corrected chi connectivity index (χ3v) is 8.74. The number of morpholine rings is 1. The van der Waals surface area contributed by atoms with Crippen molar-refractivity contribution >= 4 is 23.5 Å². The summed E-state index contributed by atoms with van der Waals surface area (Å²) in [6.07, 6.45) is 5.67. The van der Waals surface area contributed by atoms with Crippen molar-refractivity contribution in [3.63, 3.8) is 0 Å². The number of nitrogens with one attached hydrogen (secondary N) is 2. The van der Waals surface area contributed by atoms with Crippen LogP contribution in [0, 0.1) is 19.3 Å². The minimum atomic E-state index is -0.476. The topological polar surface area (TPSA) is 107 Å². The molecule has 1 aromatic heterocycles. The summed E-state index contributed by atoms with van der Waals surface area (Å²) in [6.45, 7) is 9.32. The molecule has 0 aliphatic carbocycles. The molecule has 0 spiro atoms. The number of aliphatic hydroxyl groups is 1. The Labute approximate surface area is 218 Å². The van der Waals surface area contributed by atoms with Crippen LogP contribution in [0.2, 0.25) is 0 Å². The standard InChI is InChI=1S/C28H38N6O3/c1-18-9-21(13-29)25(10-24(18)20-3-6-33(7-4-20)22-5-8-36-14-22)32-26-11-27(31-19(2)30-26)34-16-28(17-35)12-23(34)15-37-28/h9-11,13,20,22-23,29,35H,3-8,12,14-17H2,1-2H3,(H,30,31,32). The Morgan fingerprint density at radius 3 is 2.68 bits per heavy atom. The molecule has 3 atom stereocenters. The minimum Gasteiger partial charge on any atom is -0.393 e. The molecule has 0 amide bonds. The van der Waals surface area contributed by atoms with Crippen molar-refractivity contribution in [2.75, 3.05) is 56.3 Å². The average molecular weight is 507 g/mol. The minimum absolute atomic E-state index is 0.0252. The number of aliphatic hydroxyl groups excluding tert-OH is 1. The Balaban J connectivity index is 1.22. The third-order valence-electron chi connectivity index (χ3n) is 8.74. The Morgan fingerprint density at radius 1 is 1.14 bits per heavy atom. The van der Waals surface area contributed by atoms with Crippen molar-refractivity contribution in [2.45, 2.75) is 63.1 Å². The number of fused-ring (bicyclic) bond motifs is 2. The SMILES string of the molecule is Cc1nc(Nc2cc(C3CCN(C4CCOC4)CC3)c(C)cc2C=N)cc(N2CC3(CO)CC2CO3)n1. The van der Waals surface area contributed by atoms with Gasteiger partial charge in [-0.1, -0.05) is 0 Å². The summed E-state index contributed by atoms with van der Waals surface area (Å²) in [4.78, 5) is 14.2. The number of piperidine rings is 1. The first kappa shape index (κ1) is 24.7. The summed E-state index contributed by atoms with van der Waals surface area (Å²) >= 11 is 0. The fraction of sp³-hybridized carbons (Fsp3) is 0.607. The molecule has 198 valence electrons. The van der Waals surface area contributed by atoms with Crippen LogP contribution in [0.5, 0.6) is 0 Å². The molecule has 4 aliphatic rings. The van der Waals surface area contributed by atoms with Crippen molar-refractivity contribution in [1.82, 2.24) is 14.9 Å². The molecule has 1 aromatic carbocycles. The van der Waals surface area contributed by atoms with Gasteiger partial charge in [-0.05, 0) is 75.4 Å². The number of hydrogen-bond acceptors (Lipinski definition) is 9. The fourth-order valence-corrected chi connectivity index (χ4v) is 6.70. The molecule has 9 nitrogen and oxygen atoms in total. The van der Waals surface area contributed by atoms with E-state index in [2.05, 4.69) is 39.2 Å². The van der Waals surface area contributed by atoms with Gasteiger partial charge in [0.15, 0.2) is 0 Å². The van der Waals surface area contributed by atoms with Gasteiger partial charge in [0.25, 0.3) is 0 Å². The molecule has 3 unspecified atom stereocenters. The lowest BCUT2D eigenvalue weighted by Crippen LogP contribution is -2.45. The average Bonchev–Trinajstić information content (AvgIpc) is 3.67. The molecular weight excluding hydrogens is 468 g/mol. The van der Waals surface area contributed by atoms with Gasteiger partial charge in [-0.25, -0.2) is 9.97 Å². The summed E-state index contributed by atoms with van der Waals surface area (Å²) < 4.78 is 11.5. The monoisotopic (exact) mass is 506 g/mol. The molecule has 37 heavy (non-hydrogen) atoms. The molecule has 4 aliphatic heterocycles. The first-order valence-electron chi connectivity index (χ1n) is 13.6. The van der Waals surface area contributed by atoms with Gasteiger partial charge in [-0.15, -0.1) is 0 Å². The van der Waals surface area contributed by atoms with Gasteiger partial charge in [0.1, 0.15) is 23.1 Å². The van der Waals surface area contributed by atoms with E-state index in [1.165, 1.54) is 17.3 Å². The second kappa shape index (κ2) is 9.94. The maximum absolute atomic E-state index is 9.87.